The quantitative estimate of drug-likeness (QED) is 0.717. The number of hydrogen-bond donors (Lipinski definition) is 1. The summed E-state index contributed by atoms with van der Waals surface area (Å²) >= 11 is 0. The maximum absolute atomic E-state index is 5.05. The largest absolute Gasteiger partial charge is 0.383 e. The summed E-state index contributed by atoms with van der Waals surface area (Å²) < 4.78 is 5.05. The molecule has 1 aliphatic heterocycles. The Morgan fingerprint density at radius 3 is 2.47 bits per heavy atom. The standard InChI is InChI=1S/C14H28N2O/c1-17-11-8-15-12-13-6-9-16(10-7-13)14-4-2-3-5-14/h13-15H,2-12H2,1H3. The lowest BCUT2D eigenvalue weighted by atomic mass is 9.95. The maximum atomic E-state index is 5.05. The number of nitrogens with one attached hydrogen (secondary N) is 1. The smallest absolute Gasteiger partial charge is 0.0587 e. The Bertz CT molecular complexity index is 196. The van der Waals surface area contributed by atoms with Crippen LogP contribution in [0.1, 0.15) is 38.5 Å². The highest BCUT2D eigenvalue weighted by Gasteiger charge is 2.26. The first-order valence-electron chi connectivity index (χ1n) is 7.34. The van der Waals surface area contributed by atoms with Crippen LogP contribution >= 0.6 is 0 Å². The minimum atomic E-state index is 0.834. The third-order valence-electron chi connectivity index (χ3n) is 4.41. The van der Waals surface area contributed by atoms with Crippen molar-refractivity contribution in [3.63, 3.8) is 0 Å². The van der Waals surface area contributed by atoms with Crippen molar-refractivity contribution in [3.05, 3.63) is 0 Å². The van der Waals surface area contributed by atoms with Gasteiger partial charge in [-0.15, -0.1) is 0 Å². The molecule has 2 aliphatic rings. The van der Waals surface area contributed by atoms with Gasteiger partial charge in [-0.05, 0) is 51.2 Å². The van der Waals surface area contributed by atoms with E-state index in [1.54, 1.807) is 7.11 Å². The van der Waals surface area contributed by atoms with Gasteiger partial charge in [-0.1, -0.05) is 12.8 Å². The molecule has 0 unspecified atom stereocenters. The molecule has 3 nitrogen and oxygen atoms in total. The van der Waals surface area contributed by atoms with Crippen LogP contribution in [0, 0.1) is 5.92 Å². The van der Waals surface area contributed by atoms with Gasteiger partial charge < -0.3 is 15.0 Å². The number of piperidine rings is 1. The summed E-state index contributed by atoms with van der Waals surface area (Å²) in [6.45, 7) is 5.69. The highest BCUT2D eigenvalue weighted by Crippen LogP contribution is 2.27. The van der Waals surface area contributed by atoms with E-state index in [2.05, 4.69) is 10.2 Å². The SMILES string of the molecule is COCCNCC1CCN(C2CCCC2)CC1. The molecule has 0 atom stereocenters. The first-order chi connectivity index (χ1) is 8.40. The molecule has 0 amide bonds. The number of hydrogen-bond acceptors (Lipinski definition) is 3. The number of methoxy groups -OCH3 is 1. The number of ether oxygens (including phenoxy) is 1. The van der Waals surface area contributed by atoms with Gasteiger partial charge in [0.2, 0.25) is 0 Å². The molecule has 1 N–H and O–H groups in total. The second kappa shape index (κ2) is 7.34. The molecule has 2 rings (SSSR count). The van der Waals surface area contributed by atoms with E-state index in [1.807, 2.05) is 0 Å². The third kappa shape index (κ3) is 4.23. The van der Waals surface area contributed by atoms with Gasteiger partial charge in [-0.25, -0.2) is 0 Å². The summed E-state index contributed by atoms with van der Waals surface area (Å²) in [5.74, 6) is 0.893. The molecule has 1 aliphatic carbocycles. The zero-order valence-corrected chi connectivity index (χ0v) is 11.3. The molecule has 2 fully saturated rings. The fraction of sp³-hybridized carbons (Fsp3) is 1.00. The van der Waals surface area contributed by atoms with Crippen LogP contribution in [-0.4, -0.2) is 50.8 Å². The fourth-order valence-corrected chi connectivity index (χ4v) is 3.27. The normalized spacial score (nSPS) is 24.5. The number of likely N-dealkylation sites (tertiary alicyclic amines) is 1. The minimum Gasteiger partial charge on any atom is -0.383 e. The van der Waals surface area contributed by atoms with E-state index in [0.717, 1.165) is 25.1 Å². The van der Waals surface area contributed by atoms with Gasteiger partial charge in [-0.3, -0.25) is 0 Å². The van der Waals surface area contributed by atoms with Gasteiger partial charge in [0, 0.05) is 19.7 Å². The van der Waals surface area contributed by atoms with Crippen molar-refractivity contribution in [3.8, 4) is 0 Å². The molecule has 0 spiro atoms. The summed E-state index contributed by atoms with van der Waals surface area (Å²) in [4.78, 5) is 2.75. The Labute approximate surface area is 106 Å². The van der Waals surface area contributed by atoms with Crippen molar-refractivity contribution >= 4 is 0 Å². The van der Waals surface area contributed by atoms with Crippen LogP contribution in [0.3, 0.4) is 0 Å². The summed E-state index contributed by atoms with van der Waals surface area (Å²) in [5, 5.41) is 3.50. The number of nitrogens with zero attached hydrogens (tertiary/aromatic N) is 1. The van der Waals surface area contributed by atoms with Crippen LogP contribution in [0.25, 0.3) is 0 Å². The predicted octanol–water partition coefficient (Wildman–Crippen LogP) is 1.88. The third-order valence-corrected chi connectivity index (χ3v) is 4.41. The van der Waals surface area contributed by atoms with E-state index < -0.39 is 0 Å². The fourth-order valence-electron chi connectivity index (χ4n) is 3.27. The topological polar surface area (TPSA) is 24.5 Å². The molecular weight excluding hydrogens is 212 g/mol. The summed E-state index contributed by atoms with van der Waals surface area (Å²) in [6.07, 6.45) is 8.60. The van der Waals surface area contributed by atoms with Crippen LogP contribution < -0.4 is 5.32 Å². The van der Waals surface area contributed by atoms with Crippen LogP contribution in [0.4, 0.5) is 0 Å². The molecule has 0 aromatic carbocycles. The van der Waals surface area contributed by atoms with E-state index >= 15 is 0 Å². The Morgan fingerprint density at radius 2 is 1.82 bits per heavy atom. The van der Waals surface area contributed by atoms with Crippen molar-refractivity contribution in [2.45, 2.75) is 44.6 Å². The summed E-state index contributed by atoms with van der Waals surface area (Å²) in [7, 11) is 1.77. The van der Waals surface area contributed by atoms with Crippen LogP contribution in [-0.2, 0) is 4.74 Å². The van der Waals surface area contributed by atoms with Gasteiger partial charge in [0.1, 0.15) is 0 Å². The average molecular weight is 240 g/mol. The van der Waals surface area contributed by atoms with Gasteiger partial charge >= 0.3 is 0 Å². The van der Waals surface area contributed by atoms with E-state index in [9.17, 15) is 0 Å². The molecule has 100 valence electrons. The summed E-state index contributed by atoms with van der Waals surface area (Å²) in [5.41, 5.74) is 0. The molecular formula is C14H28N2O. The monoisotopic (exact) mass is 240 g/mol. The molecule has 17 heavy (non-hydrogen) atoms. The van der Waals surface area contributed by atoms with Crippen molar-refractivity contribution in [2.75, 3.05) is 39.9 Å². The molecule has 0 aromatic heterocycles. The first-order valence-corrected chi connectivity index (χ1v) is 7.34. The maximum Gasteiger partial charge on any atom is 0.0587 e. The van der Waals surface area contributed by atoms with E-state index in [4.69, 9.17) is 4.74 Å². The lowest BCUT2D eigenvalue weighted by Gasteiger charge is -2.36. The predicted molar refractivity (Wildman–Crippen MR) is 71.3 cm³/mol. The number of rotatable bonds is 6. The van der Waals surface area contributed by atoms with Crippen molar-refractivity contribution in [1.29, 1.82) is 0 Å². The van der Waals surface area contributed by atoms with Crippen molar-refractivity contribution < 1.29 is 4.74 Å². The lowest BCUT2D eigenvalue weighted by Crippen LogP contribution is -2.42. The molecule has 0 aromatic rings. The van der Waals surface area contributed by atoms with Crippen LogP contribution in [0.2, 0.25) is 0 Å². The van der Waals surface area contributed by atoms with E-state index in [1.165, 1.54) is 58.2 Å². The lowest BCUT2D eigenvalue weighted by molar-refractivity contribution is 0.131. The molecule has 1 saturated heterocycles. The van der Waals surface area contributed by atoms with Gasteiger partial charge in [-0.2, -0.15) is 0 Å². The van der Waals surface area contributed by atoms with Gasteiger partial charge in [0.15, 0.2) is 0 Å². The van der Waals surface area contributed by atoms with Crippen molar-refractivity contribution in [2.24, 2.45) is 5.92 Å². The second-order valence-corrected chi connectivity index (χ2v) is 5.61. The van der Waals surface area contributed by atoms with Crippen LogP contribution in [0.5, 0.6) is 0 Å². The van der Waals surface area contributed by atoms with Gasteiger partial charge in [0.05, 0.1) is 6.61 Å². The molecule has 1 heterocycles. The van der Waals surface area contributed by atoms with Gasteiger partial charge in [0.25, 0.3) is 0 Å². The van der Waals surface area contributed by atoms with Crippen LogP contribution in [0.15, 0.2) is 0 Å². The Balaban J connectivity index is 1.57. The first kappa shape index (κ1) is 13.3. The van der Waals surface area contributed by atoms with Crippen molar-refractivity contribution in [1.82, 2.24) is 10.2 Å². The Hall–Kier alpha value is -0.120. The minimum absolute atomic E-state index is 0.834. The second-order valence-electron chi connectivity index (χ2n) is 5.61. The highest BCUT2D eigenvalue weighted by atomic mass is 16.5. The van der Waals surface area contributed by atoms with E-state index in [0.29, 0.717) is 0 Å². The Kier molecular flexibility index (Phi) is 5.75. The highest BCUT2D eigenvalue weighted by molar-refractivity contribution is 4.82. The zero-order valence-electron chi connectivity index (χ0n) is 11.3. The molecule has 1 saturated carbocycles. The Morgan fingerprint density at radius 1 is 1.12 bits per heavy atom. The molecule has 0 bridgehead atoms. The zero-order chi connectivity index (χ0) is 11.9. The molecule has 0 radical (unpaired) electrons. The summed E-state index contributed by atoms with van der Waals surface area (Å²) in [6, 6.07) is 0.928. The molecule has 3 heteroatoms. The average Bonchev–Trinajstić information content (AvgIpc) is 2.89. The van der Waals surface area contributed by atoms with E-state index in [-0.39, 0.29) is 0 Å².